The lowest BCUT2D eigenvalue weighted by atomic mass is 10.4. The first-order valence-electron chi connectivity index (χ1n) is 5.53. The van der Waals surface area contributed by atoms with Crippen molar-refractivity contribution in [3.05, 3.63) is 52.6 Å². The number of aryl methyl sites for hydroxylation is 1. The minimum Gasteiger partial charge on any atom is -0.445 e. The maximum absolute atomic E-state index is 11.4. The zero-order chi connectivity index (χ0) is 12.1. The van der Waals surface area contributed by atoms with E-state index in [1.165, 1.54) is 0 Å². The normalized spacial score (nSPS) is 10.6. The fraction of sp³-hybridized carbons (Fsp3) is 0.333. The Morgan fingerprint density at radius 3 is 3.06 bits per heavy atom. The molecule has 0 spiro atoms. The molecule has 0 aromatic carbocycles. The van der Waals surface area contributed by atoms with Crippen molar-refractivity contribution in [3.63, 3.8) is 0 Å². The number of hydrogen-bond donors (Lipinski definition) is 1. The van der Waals surface area contributed by atoms with Gasteiger partial charge in [-0.2, -0.15) is 0 Å². The monoisotopic (exact) mass is 233 g/mol. The molecule has 0 fully saturated rings. The minimum absolute atomic E-state index is 0.0151. The second-order valence-electron chi connectivity index (χ2n) is 3.77. The smallest absolute Gasteiger partial charge is 0.250 e. The Morgan fingerprint density at radius 2 is 2.35 bits per heavy atom. The van der Waals surface area contributed by atoms with Gasteiger partial charge in [0, 0.05) is 25.4 Å². The van der Waals surface area contributed by atoms with E-state index in [1.807, 2.05) is 13.0 Å². The molecule has 2 aromatic heterocycles. The quantitative estimate of drug-likeness (QED) is 0.781. The molecule has 90 valence electrons. The molecular weight excluding hydrogens is 218 g/mol. The van der Waals surface area contributed by atoms with Crippen LogP contribution in [0.3, 0.4) is 0 Å². The Kier molecular flexibility index (Phi) is 3.72. The van der Waals surface area contributed by atoms with E-state index < -0.39 is 0 Å². The average Bonchev–Trinajstić information content (AvgIpc) is 2.73. The summed E-state index contributed by atoms with van der Waals surface area (Å²) in [5.74, 6) is 1.48. The summed E-state index contributed by atoms with van der Waals surface area (Å²) >= 11 is 0. The van der Waals surface area contributed by atoms with Crippen molar-refractivity contribution in [1.29, 1.82) is 0 Å². The summed E-state index contributed by atoms with van der Waals surface area (Å²) in [6.45, 7) is 3.78. The highest BCUT2D eigenvalue weighted by Crippen LogP contribution is 2.00. The first-order chi connectivity index (χ1) is 8.25. The van der Waals surface area contributed by atoms with Crippen LogP contribution in [0.2, 0.25) is 0 Å². The highest BCUT2D eigenvalue weighted by molar-refractivity contribution is 4.93. The molecule has 0 amide bonds. The zero-order valence-corrected chi connectivity index (χ0v) is 9.72. The number of oxazole rings is 1. The molecule has 0 radical (unpaired) electrons. The fourth-order valence-corrected chi connectivity index (χ4v) is 1.52. The highest BCUT2D eigenvalue weighted by Gasteiger charge is 1.99. The Bertz CT molecular complexity index is 530. The van der Waals surface area contributed by atoms with Gasteiger partial charge >= 0.3 is 0 Å². The zero-order valence-electron chi connectivity index (χ0n) is 9.72. The van der Waals surface area contributed by atoms with E-state index in [0.717, 1.165) is 5.76 Å². The number of pyridine rings is 1. The molecular formula is C12H15N3O2. The van der Waals surface area contributed by atoms with Crippen LogP contribution < -0.4 is 10.9 Å². The molecule has 0 unspecified atom stereocenters. The van der Waals surface area contributed by atoms with Crippen LogP contribution in [0.4, 0.5) is 0 Å². The molecule has 0 saturated carbocycles. The van der Waals surface area contributed by atoms with Crippen molar-refractivity contribution in [1.82, 2.24) is 14.9 Å². The molecule has 0 saturated heterocycles. The van der Waals surface area contributed by atoms with Crippen LogP contribution in [0.1, 0.15) is 11.7 Å². The van der Waals surface area contributed by atoms with Gasteiger partial charge in [0.1, 0.15) is 5.76 Å². The van der Waals surface area contributed by atoms with Gasteiger partial charge in [0.15, 0.2) is 0 Å². The van der Waals surface area contributed by atoms with Crippen molar-refractivity contribution in [2.45, 2.75) is 20.0 Å². The van der Waals surface area contributed by atoms with E-state index in [9.17, 15) is 4.79 Å². The van der Waals surface area contributed by atoms with Gasteiger partial charge in [-0.3, -0.25) is 4.79 Å². The third-order valence-electron chi connectivity index (χ3n) is 2.37. The molecule has 0 aliphatic carbocycles. The molecule has 0 aliphatic rings. The van der Waals surface area contributed by atoms with E-state index in [0.29, 0.717) is 25.5 Å². The lowest BCUT2D eigenvalue weighted by Crippen LogP contribution is -2.25. The number of rotatable bonds is 5. The van der Waals surface area contributed by atoms with Crippen LogP contribution in [0.15, 0.2) is 39.8 Å². The van der Waals surface area contributed by atoms with Gasteiger partial charge in [-0.05, 0) is 13.0 Å². The van der Waals surface area contributed by atoms with Gasteiger partial charge in [0.05, 0.1) is 12.7 Å². The topological polar surface area (TPSA) is 60.1 Å². The molecule has 0 atom stereocenters. The van der Waals surface area contributed by atoms with Crippen molar-refractivity contribution in [2.24, 2.45) is 0 Å². The summed E-state index contributed by atoms with van der Waals surface area (Å²) in [6.07, 6.45) is 3.47. The van der Waals surface area contributed by atoms with Gasteiger partial charge in [-0.1, -0.05) is 6.07 Å². The summed E-state index contributed by atoms with van der Waals surface area (Å²) in [5.41, 5.74) is 0.0151. The number of nitrogens with one attached hydrogen (secondary N) is 1. The second kappa shape index (κ2) is 5.45. The molecule has 0 bridgehead atoms. The number of aromatic nitrogens is 2. The van der Waals surface area contributed by atoms with Crippen molar-refractivity contribution >= 4 is 0 Å². The van der Waals surface area contributed by atoms with Gasteiger partial charge in [-0.25, -0.2) is 4.98 Å². The molecule has 2 heterocycles. The predicted octanol–water partition coefficient (Wildman–Crippen LogP) is 0.935. The molecule has 1 N–H and O–H groups in total. The molecule has 5 nitrogen and oxygen atoms in total. The third-order valence-corrected chi connectivity index (χ3v) is 2.37. The third kappa shape index (κ3) is 3.29. The van der Waals surface area contributed by atoms with Crippen molar-refractivity contribution < 1.29 is 4.42 Å². The first kappa shape index (κ1) is 11.6. The van der Waals surface area contributed by atoms with Crippen LogP contribution in [-0.4, -0.2) is 16.1 Å². The summed E-state index contributed by atoms with van der Waals surface area (Å²) in [4.78, 5) is 15.5. The predicted molar refractivity (Wildman–Crippen MR) is 63.6 cm³/mol. The van der Waals surface area contributed by atoms with Gasteiger partial charge in [0.25, 0.3) is 5.56 Å². The van der Waals surface area contributed by atoms with E-state index >= 15 is 0 Å². The lowest BCUT2D eigenvalue weighted by Gasteiger charge is -2.05. The summed E-state index contributed by atoms with van der Waals surface area (Å²) < 4.78 is 6.98. The van der Waals surface area contributed by atoms with Crippen LogP contribution in [0.25, 0.3) is 0 Å². The standard InChI is InChI=1S/C12H15N3O2/c1-10-8-14-11(17-10)9-13-5-7-15-6-3-2-4-12(15)16/h2-4,6,8,13H,5,7,9H2,1H3. The summed E-state index contributed by atoms with van der Waals surface area (Å²) in [6, 6.07) is 5.14. The summed E-state index contributed by atoms with van der Waals surface area (Å²) in [7, 11) is 0. The van der Waals surface area contributed by atoms with Crippen molar-refractivity contribution in [2.75, 3.05) is 6.54 Å². The van der Waals surface area contributed by atoms with E-state index in [2.05, 4.69) is 10.3 Å². The Hall–Kier alpha value is -1.88. The van der Waals surface area contributed by atoms with Gasteiger partial charge in [0.2, 0.25) is 5.89 Å². The van der Waals surface area contributed by atoms with E-state index in [1.54, 1.807) is 29.1 Å². The van der Waals surface area contributed by atoms with Crippen LogP contribution in [0.5, 0.6) is 0 Å². The molecule has 2 aromatic rings. The SMILES string of the molecule is Cc1cnc(CNCCn2ccccc2=O)o1. The van der Waals surface area contributed by atoms with Gasteiger partial charge in [-0.15, -0.1) is 0 Å². The lowest BCUT2D eigenvalue weighted by molar-refractivity contribution is 0.444. The maximum Gasteiger partial charge on any atom is 0.250 e. The summed E-state index contributed by atoms with van der Waals surface area (Å²) in [5, 5.41) is 3.17. The first-order valence-corrected chi connectivity index (χ1v) is 5.53. The highest BCUT2D eigenvalue weighted by atomic mass is 16.4. The Labute approximate surface area is 99.1 Å². The molecule has 2 rings (SSSR count). The van der Waals surface area contributed by atoms with E-state index in [-0.39, 0.29) is 5.56 Å². The van der Waals surface area contributed by atoms with Crippen LogP contribution in [0, 0.1) is 6.92 Å². The molecule has 0 aliphatic heterocycles. The maximum atomic E-state index is 11.4. The van der Waals surface area contributed by atoms with Gasteiger partial charge < -0.3 is 14.3 Å². The Balaban J connectivity index is 1.77. The second-order valence-corrected chi connectivity index (χ2v) is 3.77. The van der Waals surface area contributed by atoms with Crippen LogP contribution >= 0.6 is 0 Å². The fourth-order valence-electron chi connectivity index (χ4n) is 1.52. The molecule has 17 heavy (non-hydrogen) atoms. The van der Waals surface area contributed by atoms with Crippen molar-refractivity contribution in [3.8, 4) is 0 Å². The number of hydrogen-bond acceptors (Lipinski definition) is 4. The largest absolute Gasteiger partial charge is 0.445 e. The number of nitrogens with zero attached hydrogens (tertiary/aromatic N) is 2. The average molecular weight is 233 g/mol. The molecule has 5 heteroatoms. The van der Waals surface area contributed by atoms with E-state index in [4.69, 9.17) is 4.42 Å². The minimum atomic E-state index is 0.0151. The Morgan fingerprint density at radius 1 is 1.47 bits per heavy atom. The van der Waals surface area contributed by atoms with Crippen LogP contribution in [-0.2, 0) is 13.1 Å².